The van der Waals surface area contributed by atoms with Crippen LogP contribution < -0.4 is 15.8 Å². The molecule has 1 amide bonds. The van der Waals surface area contributed by atoms with Gasteiger partial charge < -0.3 is 20.5 Å². The number of carbonyl (C=O) groups excluding carboxylic acids is 1. The van der Waals surface area contributed by atoms with Crippen LogP contribution in [0.4, 0.5) is 14.5 Å². The molecule has 0 spiro atoms. The van der Waals surface area contributed by atoms with Gasteiger partial charge in [-0.25, -0.2) is 0 Å². The Morgan fingerprint density at radius 3 is 2.75 bits per heavy atom. The molecule has 112 valence electrons. The van der Waals surface area contributed by atoms with E-state index in [0.29, 0.717) is 24.3 Å². The van der Waals surface area contributed by atoms with E-state index in [4.69, 9.17) is 10.5 Å². The molecule has 20 heavy (non-hydrogen) atoms. The van der Waals surface area contributed by atoms with Gasteiger partial charge in [0.15, 0.2) is 0 Å². The summed E-state index contributed by atoms with van der Waals surface area (Å²) in [6.45, 7) is 2.04. The van der Waals surface area contributed by atoms with Crippen molar-refractivity contribution < 1.29 is 23.0 Å². The average Bonchev–Trinajstić information content (AvgIpc) is 2.37. The van der Waals surface area contributed by atoms with Crippen molar-refractivity contribution >= 4 is 11.6 Å². The number of alkyl halides is 2. The van der Waals surface area contributed by atoms with Crippen LogP contribution in [0, 0.1) is 6.92 Å². The Morgan fingerprint density at radius 2 is 2.15 bits per heavy atom. The number of rotatable bonds is 7. The zero-order chi connectivity index (χ0) is 15.2. The van der Waals surface area contributed by atoms with Crippen molar-refractivity contribution in [3.8, 4) is 5.75 Å². The minimum Gasteiger partial charge on any atom is -0.425 e. The summed E-state index contributed by atoms with van der Waals surface area (Å²) in [6, 6.07) is 4.22. The van der Waals surface area contributed by atoms with Gasteiger partial charge in [0.2, 0.25) is 0 Å². The molecule has 0 unspecified atom stereocenters. The summed E-state index contributed by atoms with van der Waals surface area (Å²) in [5.74, 6) is -1.57. The fraction of sp³-hybridized carbons (Fsp3) is 0.462. The number of aryl methyl sites for hydroxylation is 1. The highest BCUT2D eigenvalue weighted by Crippen LogP contribution is 2.26. The highest BCUT2D eigenvalue weighted by Gasteiger charge is 2.42. The van der Waals surface area contributed by atoms with Crippen molar-refractivity contribution in [3.05, 3.63) is 23.8 Å². The van der Waals surface area contributed by atoms with Gasteiger partial charge in [-0.05, 0) is 37.1 Å². The minimum atomic E-state index is -3.94. The Balaban J connectivity index is 2.61. The molecule has 1 aromatic carbocycles. The van der Waals surface area contributed by atoms with Gasteiger partial charge in [0.25, 0.3) is 0 Å². The quantitative estimate of drug-likeness (QED) is 0.591. The topological polar surface area (TPSA) is 73.6 Å². The maximum Gasteiger partial charge on any atom is 0.482 e. The molecule has 0 atom stereocenters. The molecule has 1 aromatic rings. The zero-order valence-electron chi connectivity index (χ0n) is 11.4. The van der Waals surface area contributed by atoms with E-state index in [1.165, 1.54) is 25.3 Å². The number of anilines is 1. The van der Waals surface area contributed by atoms with E-state index in [9.17, 15) is 13.6 Å². The third-order valence-corrected chi connectivity index (χ3v) is 2.51. The van der Waals surface area contributed by atoms with Crippen LogP contribution in [-0.4, -0.2) is 32.3 Å². The Hall–Kier alpha value is -1.89. The number of hydrogen-bond acceptors (Lipinski definition) is 4. The number of nitrogens with one attached hydrogen (secondary N) is 1. The molecule has 5 nitrogen and oxygen atoms in total. The van der Waals surface area contributed by atoms with Crippen molar-refractivity contribution in [2.24, 2.45) is 0 Å². The highest BCUT2D eigenvalue weighted by atomic mass is 19.3. The number of hydrogen-bond donors (Lipinski definition) is 2. The lowest BCUT2D eigenvalue weighted by atomic mass is 10.2. The van der Waals surface area contributed by atoms with Crippen LogP contribution in [-0.2, 0) is 9.53 Å². The Labute approximate surface area is 116 Å². The number of ether oxygens (including phenoxy) is 2. The van der Waals surface area contributed by atoms with E-state index in [1.807, 2.05) is 0 Å². The van der Waals surface area contributed by atoms with E-state index in [1.54, 1.807) is 6.92 Å². The fourth-order valence-electron chi connectivity index (χ4n) is 1.49. The van der Waals surface area contributed by atoms with E-state index in [-0.39, 0.29) is 12.3 Å². The van der Waals surface area contributed by atoms with Crippen molar-refractivity contribution in [2.45, 2.75) is 19.5 Å². The van der Waals surface area contributed by atoms with Crippen LogP contribution >= 0.6 is 0 Å². The van der Waals surface area contributed by atoms with E-state index in [2.05, 4.69) is 10.1 Å². The molecule has 0 aliphatic heterocycles. The van der Waals surface area contributed by atoms with Crippen LogP contribution in [0.5, 0.6) is 5.75 Å². The lowest BCUT2D eigenvalue weighted by molar-refractivity contribution is -0.193. The summed E-state index contributed by atoms with van der Waals surface area (Å²) in [6.07, 6.45) is -3.49. The molecule has 0 heterocycles. The van der Waals surface area contributed by atoms with Crippen LogP contribution in [0.3, 0.4) is 0 Å². The monoisotopic (exact) mass is 288 g/mol. The van der Waals surface area contributed by atoms with Crippen molar-refractivity contribution in [3.63, 3.8) is 0 Å². The molecule has 0 aromatic heterocycles. The predicted octanol–water partition coefficient (Wildman–Crippen LogP) is 1.70. The van der Waals surface area contributed by atoms with Gasteiger partial charge in [-0.3, -0.25) is 4.79 Å². The van der Waals surface area contributed by atoms with Crippen LogP contribution in [0.25, 0.3) is 0 Å². The first-order valence-electron chi connectivity index (χ1n) is 6.07. The third kappa shape index (κ3) is 4.65. The summed E-state index contributed by atoms with van der Waals surface area (Å²) < 4.78 is 36.4. The Kier molecular flexibility index (Phi) is 5.69. The molecule has 3 N–H and O–H groups in total. The van der Waals surface area contributed by atoms with Crippen molar-refractivity contribution in [2.75, 3.05) is 26.0 Å². The highest BCUT2D eigenvalue weighted by molar-refractivity contribution is 5.82. The molecule has 7 heteroatoms. The molecule has 0 radical (unpaired) electrons. The molecule has 0 saturated carbocycles. The third-order valence-electron chi connectivity index (χ3n) is 2.51. The average molecular weight is 288 g/mol. The molecule has 0 bridgehead atoms. The lowest BCUT2D eigenvalue weighted by Crippen LogP contribution is -2.44. The van der Waals surface area contributed by atoms with Crippen LogP contribution in [0.15, 0.2) is 18.2 Å². The molecule has 0 aliphatic rings. The van der Waals surface area contributed by atoms with Gasteiger partial charge in [-0.15, -0.1) is 0 Å². The van der Waals surface area contributed by atoms with Crippen LogP contribution in [0.2, 0.25) is 0 Å². The van der Waals surface area contributed by atoms with Crippen molar-refractivity contribution in [1.82, 2.24) is 5.32 Å². The van der Waals surface area contributed by atoms with Crippen molar-refractivity contribution in [1.29, 1.82) is 0 Å². The maximum absolute atomic E-state index is 13.6. The normalized spacial score (nSPS) is 11.2. The van der Waals surface area contributed by atoms with Gasteiger partial charge in [0, 0.05) is 25.9 Å². The molecular formula is C13H18F2N2O3. The zero-order valence-corrected chi connectivity index (χ0v) is 11.4. The Bertz CT molecular complexity index is 467. The van der Waals surface area contributed by atoms with Gasteiger partial charge >= 0.3 is 12.0 Å². The van der Waals surface area contributed by atoms with E-state index < -0.39 is 12.0 Å². The molecule has 0 fully saturated rings. The maximum atomic E-state index is 13.6. The van der Waals surface area contributed by atoms with Gasteiger partial charge in [-0.1, -0.05) is 0 Å². The number of amides is 1. The Morgan fingerprint density at radius 1 is 1.45 bits per heavy atom. The summed E-state index contributed by atoms with van der Waals surface area (Å²) in [4.78, 5) is 11.4. The van der Waals surface area contributed by atoms with Gasteiger partial charge in [0.1, 0.15) is 5.75 Å². The second kappa shape index (κ2) is 7.04. The molecular weight excluding hydrogens is 270 g/mol. The number of halogens is 2. The largest absolute Gasteiger partial charge is 0.482 e. The van der Waals surface area contributed by atoms with Crippen LogP contribution in [0.1, 0.15) is 12.0 Å². The number of carbonyl (C=O) groups is 1. The number of benzene rings is 1. The second-order valence-corrected chi connectivity index (χ2v) is 4.25. The first-order valence-corrected chi connectivity index (χ1v) is 6.07. The fourth-order valence-corrected chi connectivity index (χ4v) is 1.49. The summed E-state index contributed by atoms with van der Waals surface area (Å²) in [7, 11) is 1.49. The summed E-state index contributed by atoms with van der Waals surface area (Å²) in [5, 5.41) is 2.09. The molecule has 1 rings (SSSR count). The second-order valence-electron chi connectivity index (χ2n) is 4.25. The molecule has 0 saturated heterocycles. The first-order chi connectivity index (χ1) is 9.36. The summed E-state index contributed by atoms with van der Waals surface area (Å²) >= 11 is 0. The van der Waals surface area contributed by atoms with Gasteiger partial charge in [0.05, 0.1) is 0 Å². The number of methoxy groups -OCH3 is 1. The van der Waals surface area contributed by atoms with Gasteiger partial charge in [-0.2, -0.15) is 8.78 Å². The SMILES string of the molecule is COCCCNC(=O)C(F)(F)Oc1ccc(N)cc1C. The first kappa shape index (κ1) is 16.2. The van der Waals surface area contributed by atoms with E-state index >= 15 is 0 Å². The smallest absolute Gasteiger partial charge is 0.425 e. The number of nitrogens with two attached hydrogens (primary N) is 1. The lowest BCUT2D eigenvalue weighted by Gasteiger charge is -2.18. The number of nitrogen functional groups attached to an aromatic ring is 1. The predicted molar refractivity (Wildman–Crippen MR) is 70.7 cm³/mol. The molecule has 0 aliphatic carbocycles. The summed E-state index contributed by atoms with van der Waals surface area (Å²) in [5.41, 5.74) is 6.37. The van der Waals surface area contributed by atoms with E-state index in [0.717, 1.165) is 0 Å². The standard InChI is InChI=1S/C13H18F2N2O3/c1-9-8-10(16)4-5-11(9)20-13(14,15)12(18)17-6-3-7-19-2/h4-5,8H,3,6-7,16H2,1-2H3,(H,17,18). The minimum absolute atomic E-state index is 0.0868.